The van der Waals surface area contributed by atoms with Crippen LogP contribution >= 0.6 is 34.7 Å². The molecule has 0 bridgehead atoms. The van der Waals surface area contributed by atoms with Crippen molar-refractivity contribution in [2.45, 2.75) is 27.8 Å². The van der Waals surface area contributed by atoms with E-state index in [2.05, 4.69) is 15.5 Å². The van der Waals surface area contributed by atoms with Crippen LogP contribution in [0.25, 0.3) is 0 Å². The van der Waals surface area contributed by atoms with E-state index in [4.69, 9.17) is 11.6 Å². The zero-order valence-electron chi connectivity index (χ0n) is 16.3. The summed E-state index contributed by atoms with van der Waals surface area (Å²) >= 11 is 8.95. The number of benzene rings is 2. The van der Waals surface area contributed by atoms with Gasteiger partial charge in [-0.1, -0.05) is 65.0 Å². The lowest BCUT2D eigenvalue weighted by Gasteiger charge is -2.17. The summed E-state index contributed by atoms with van der Waals surface area (Å²) in [6.45, 7) is 0.923. The zero-order valence-corrected chi connectivity index (χ0v) is 19.5. The van der Waals surface area contributed by atoms with Crippen LogP contribution in [0.2, 0.25) is 5.02 Å². The van der Waals surface area contributed by atoms with E-state index in [0.29, 0.717) is 18.2 Å². The van der Waals surface area contributed by atoms with E-state index in [0.717, 1.165) is 22.9 Å². The molecule has 0 radical (unpaired) electrons. The van der Waals surface area contributed by atoms with E-state index in [9.17, 15) is 13.2 Å². The molecule has 162 valence electrons. The first-order valence-corrected chi connectivity index (χ1v) is 13.2. The number of aromatic nitrogens is 2. The molecule has 11 heteroatoms. The van der Waals surface area contributed by atoms with Crippen molar-refractivity contribution in [3.63, 3.8) is 0 Å². The second-order valence-corrected chi connectivity index (χ2v) is 11.4. The Balaban J connectivity index is 1.45. The second kappa shape index (κ2) is 9.66. The maximum Gasteiger partial charge on any atom is 0.257 e. The van der Waals surface area contributed by atoms with Crippen molar-refractivity contribution in [2.24, 2.45) is 0 Å². The number of hydrogen-bond donors (Lipinski definition) is 1. The fraction of sp³-hybridized carbons (Fsp3) is 0.250. The molecule has 0 atom stereocenters. The Kier molecular flexibility index (Phi) is 6.92. The molecule has 3 aromatic rings. The smallest absolute Gasteiger partial charge is 0.257 e. The molecule has 4 rings (SSSR count). The summed E-state index contributed by atoms with van der Waals surface area (Å²) in [5, 5.41) is 11.2. The number of amides is 1. The van der Waals surface area contributed by atoms with E-state index in [1.807, 2.05) is 30.3 Å². The molecule has 1 aromatic heterocycles. The molecule has 1 aliphatic heterocycles. The van der Waals surface area contributed by atoms with Gasteiger partial charge in [-0.05, 0) is 36.6 Å². The highest BCUT2D eigenvalue weighted by Gasteiger charge is 2.29. The fourth-order valence-electron chi connectivity index (χ4n) is 3.12. The quantitative estimate of drug-likeness (QED) is 0.383. The van der Waals surface area contributed by atoms with Crippen LogP contribution < -0.4 is 5.32 Å². The van der Waals surface area contributed by atoms with Crippen LogP contribution in [0.4, 0.5) is 5.13 Å². The first-order valence-electron chi connectivity index (χ1n) is 9.55. The third kappa shape index (κ3) is 5.27. The molecule has 1 saturated heterocycles. The van der Waals surface area contributed by atoms with Crippen molar-refractivity contribution in [1.29, 1.82) is 0 Å². The molecule has 31 heavy (non-hydrogen) atoms. The molecule has 1 amide bonds. The molecule has 0 aliphatic carbocycles. The number of halogens is 1. The predicted molar refractivity (Wildman–Crippen MR) is 123 cm³/mol. The Hall–Kier alpha value is -1.98. The molecule has 1 N–H and O–H groups in total. The normalized spacial score (nSPS) is 14.6. The van der Waals surface area contributed by atoms with E-state index < -0.39 is 15.9 Å². The molecular formula is C20H19ClN4O3S3. The van der Waals surface area contributed by atoms with E-state index in [-0.39, 0.29) is 15.5 Å². The number of nitrogens with one attached hydrogen (secondary N) is 1. The van der Waals surface area contributed by atoms with E-state index >= 15 is 0 Å². The van der Waals surface area contributed by atoms with Crippen molar-refractivity contribution < 1.29 is 13.2 Å². The number of rotatable bonds is 7. The van der Waals surface area contributed by atoms with Crippen molar-refractivity contribution in [1.82, 2.24) is 14.5 Å². The average molecular weight is 495 g/mol. The van der Waals surface area contributed by atoms with Gasteiger partial charge in [0.05, 0.1) is 5.02 Å². The fourth-order valence-corrected chi connectivity index (χ4v) is 6.84. The van der Waals surface area contributed by atoms with Gasteiger partial charge in [-0.3, -0.25) is 10.1 Å². The minimum Gasteiger partial charge on any atom is -0.296 e. The number of sulfonamides is 1. The molecule has 0 unspecified atom stereocenters. The number of carbonyl (C=O) groups excluding carboxylic acids is 1. The number of anilines is 1. The summed E-state index contributed by atoms with van der Waals surface area (Å²) in [6, 6.07) is 14.2. The first-order chi connectivity index (χ1) is 14.9. The summed E-state index contributed by atoms with van der Waals surface area (Å²) in [6.07, 6.45) is 1.64. The van der Waals surface area contributed by atoms with Gasteiger partial charge in [-0.2, -0.15) is 4.31 Å². The summed E-state index contributed by atoms with van der Waals surface area (Å²) in [7, 11) is -3.74. The molecule has 2 heterocycles. The summed E-state index contributed by atoms with van der Waals surface area (Å²) < 4.78 is 27.9. The third-order valence-electron chi connectivity index (χ3n) is 4.71. The van der Waals surface area contributed by atoms with Gasteiger partial charge in [0, 0.05) is 24.4 Å². The van der Waals surface area contributed by atoms with Gasteiger partial charge in [0.15, 0.2) is 4.34 Å². The molecule has 0 saturated carbocycles. The molecular weight excluding hydrogens is 476 g/mol. The van der Waals surface area contributed by atoms with Crippen molar-refractivity contribution >= 4 is 55.8 Å². The minimum absolute atomic E-state index is 0.0555. The van der Waals surface area contributed by atoms with Gasteiger partial charge in [0.2, 0.25) is 15.2 Å². The Labute approximate surface area is 193 Å². The Morgan fingerprint density at radius 2 is 1.87 bits per heavy atom. The Morgan fingerprint density at radius 1 is 1.13 bits per heavy atom. The van der Waals surface area contributed by atoms with Crippen LogP contribution in [0.1, 0.15) is 28.8 Å². The topological polar surface area (TPSA) is 92.3 Å². The van der Waals surface area contributed by atoms with Crippen molar-refractivity contribution in [3.8, 4) is 0 Å². The van der Waals surface area contributed by atoms with Crippen LogP contribution in [0.5, 0.6) is 0 Å². The number of thioether (sulfide) groups is 1. The highest BCUT2D eigenvalue weighted by Crippen LogP contribution is 2.30. The molecule has 0 spiro atoms. The van der Waals surface area contributed by atoms with Gasteiger partial charge in [0.25, 0.3) is 5.91 Å². The van der Waals surface area contributed by atoms with Gasteiger partial charge in [-0.25, -0.2) is 8.42 Å². The van der Waals surface area contributed by atoms with Crippen LogP contribution in [-0.2, 0) is 15.8 Å². The summed E-state index contributed by atoms with van der Waals surface area (Å²) in [4.78, 5) is 12.6. The lowest BCUT2D eigenvalue weighted by molar-refractivity contribution is 0.102. The highest BCUT2D eigenvalue weighted by molar-refractivity contribution is 8.00. The molecule has 2 aromatic carbocycles. The van der Waals surface area contributed by atoms with Crippen LogP contribution in [-0.4, -0.2) is 41.9 Å². The average Bonchev–Trinajstić information content (AvgIpc) is 3.46. The minimum atomic E-state index is -3.74. The Bertz CT molecular complexity index is 1180. The number of hydrogen-bond acceptors (Lipinski definition) is 7. The molecule has 7 nitrogen and oxygen atoms in total. The van der Waals surface area contributed by atoms with Gasteiger partial charge in [-0.15, -0.1) is 10.2 Å². The maximum absolute atomic E-state index is 12.9. The molecule has 1 fully saturated rings. The monoisotopic (exact) mass is 494 g/mol. The largest absolute Gasteiger partial charge is 0.296 e. The van der Waals surface area contributed by atoms with Gasteiger partial charge >= 0.3 is 0 Å². The van der Waals surface area contributed by atoms with Gasteiger partial charge in [0.1, 0.15) is 4.90 Å². The van der Waals surface area contributed by atoms with Crippen LogP contribution in [0.3, 0.4) is 0 Å². The van der Waals surface area contributed by atoms with Crippen molar-refractivity contribution in [2.75, 3.05) is 18.4 Å². The van der Waals surface area contributed by atoms with Crippen LogP contribution in [0, 0.1) is 0 Å². The predicted octanol–water partition coefficient (Wildman–Crippen LogP) is 4.52. The maximum atomic E-state index is 12.9. The number of carbonyl (C=O) groups is 1. The first kappa shape index (κ1) is 22.2. The van der Waals surface area contributed by atoms with E-state index in [1.54, 1.807) is 0 Å². The standard InChI is InChI=1S/C20H19ClN4O3S3/c21-16-9-8-15(12-17(16)31(27,28)25-10-4-5-11-25)18(26)22-19-23-24-20(30-19)29-13-14-6-2-1-3-7-14/h1-3,6-9,12H,4-5,10-11,13H2,(H,22,23,26). The van der Waals surface area contributed by atoms with Crippen molar-refractivity contribution in [3.05, 3.63) is 64.7 Å². The highest BCUT2D eigenvalue weighted by atomic mass is 35.5. The Morgan fingerprint density at radius 3 is 2.61 bits per heavy atom. The zero-order chi connectivity index (χ0) is 21.8. The van der Waals surface area contributed by atoms with Crippen LogP contribution in [0.15, 0.2) is 57.8 Å². The number of nitrogens with zero attached hydrogens (tertiary/aromatic N) is 3. The van der Waals surface area contributed by atoms with Gasteiger partial charge < -0.3 is 0 Å². The van der Waals surface area contributed by atoms with E-state index in [1.165, 1.54) is 51.2 Å². The third-order valence-corrected chi connectivity index (χ3v) is 9.13. The summed E-state index contributed by atoms with van der Waals surface area (Å²) in [5.41, 5.74) is 1.36. The lowest BCUT2D eigenvalue weighted by Crippen LogP contribution is -2.28. The second-order valence-electron chi connectivity index (χ2n) is 6.86. The SMILES string of the molecule is O=C(Nc1nnc(SCc2ccccc2)s1)c1ccc(Cl)c(S(=O)(=O)N2CCCC2)c1. The summed E-state index contributed by atoms with van der Waals surface area (Å²) in [5.74, 6) is 0.281. The molecule has 1 aliphatic rings. The lowest BCUT2D eigenvalue weighted by atomic mass is 10.2.